The van der Waals surface area contributed by atoms with Gasteiger partial charge in [-0.25, -0.2) is 12.8 Å². The molecule has 2 aromatic rings. The highest BCUT2D eigenvalue weighted by Crippen LogP contribution is 2.33. The van der Waals surface area contributed by atoms with E-state index >= 15 is 0 Å². The van der Waals surface area contributed by atoms with Crippen LogP contribution in [0.5, 0.6) is 11.5 Å². The molecule has 1 heterocycles. The van der Waals surface area contributed by atoms with Gasteiger partial charge in [0.1, 0.15) is 22.2 Å². The van der Waals surface area contributed by atoms with Crippen molar-refractivity contribution in [2.24, 2.45) is 0 Å². The van der Waals surface area contributed by atoms with Gasteiger partial charge >= 0.3 is 6.18 Å². The maximum Gasteiger partial charge on any atom is 0.416 e. The molecule has 0 bridgehead atoms. The number of alkyl halides is 3. The summed E-state index contributed by atoms with van der Waals surface area (Å²) in [5.41, 5.74) is -0.363. The average Bonchev–Trinajstić information content (AvgIpc) is 2.73. The zero-order chi connectivity index (χ0) is 22.8. The van der Waals surface area contributed by atoms with Crippen LogP contribution in [0.15, 0.2) is 41.3 Å². The third-order valence-electron chi connectivity index (χ3n) is 5.09. The van der Waals surface area contributed by atoms with Crippen molar-refractivity contribution in [1.29, 1.82) is 0 Å². The minimum absolute atomic E-state index is 0.0182. The van der Waals surface area contributed by atoms with Crippen LogP contribution in [-0.4, -0.2) is 58.0 Å². The topological polar surface area (TPSA) is 59.1 Å². The maximum atomic E-state index is 14.1. The molecular weight excluding hydrogens is 440 g/mol. The number of piperazine rings is 1. The van der Waals surface area contributed by atoms with E-state index in [1.807, 2.05) is 11.0 Å². The van der Waals surface area contributed by atoms with E-state index in [1.165, 1.54) is 0 Å². The molecule has 0 N–H and O–H groups in total. The summed E-state index contributed by atoms with van der Waals surface area (Å²) < 4.78 is 90.1. The van der Waals surface area contributed by atoms with Crippen LogP contribution < -0.4 is 9.47 Å². The fourth-order valence-electron chi connectivity index (χ4n) is 3.39. The van der Waals surface area contributed by atoms with Crippen molar-refractivity contribution in [3.63, 3.8) is 0 Å². The molecule has 0 aromatic heterocycles. The van der Waals surface area contributed by atoms with Gasteiger partial charge in [0.05, 0.1) is 19.8 Å². The van der Waals surface area contributed by atoms with Crippen LogP contribution in [-0.2, 0) is 22.7 Å². The number of rotatable bonds is 6. The molecule has 6 nitrogen and oxygen atoms in total. The predicted octanol–water partition coefficient (Wildman–Crippen LogP) is 3.37. The molecule has 0 radical (unpaired) electrons. The number of halogens is 4. The molecule has 170 valence electrons. The first kappa shape index (κ1) is 23.3. The zero-order valence-corrected chi connectivity index (χ0v) is 17.8. The van der Waals surface area contributed by atoms with E-state index in [1.54, 1.807) is 26.4 Å². The lowest BCUT2D eigenvalue weighted by atomic mass is 10.1. The molecule has 31 heavy (non-hydrogen) atoms. The second-order valence-corrected chi connectivity index (χ2v) is 8.91. The molecule has 0 unspecified atom stereocenters. The smallest absolute Gasteiger partial charge is 0.416 e. The molecule has 0 amide bonds. The standard InChI is InChI=1S/C20H22F4N2O4S/c1-29-16-4-6-18(30-2)14(11-16)13-25-7-9-26(10-8-25)31(27,28)19-12-15(20(22,23)24)3-5-17(19)21/h3-6,11-12H,7-10,13H2,1-2H3. The minimum Gasteiger partial charge on any atom is -0.497 e. The van der Waals surface area contributed by atoms with E-state index in [2.05, 4.69) is 0 Å². The third-order valence-corrected chi connectivity index (χ3v) is 7.00. The normalized spacial score (nSPS) is 16.3. The Balaban J connectivity index is 1.74. The summed E-state index contributed by atoms with van der Waals surface area (Å²) in [6.45, 7) is 1.14. The number of hydrogen-bond acceptors (Lipinski definition) is 5. The number of methoxy groups -OCH3 is 2. The lowest BCUT2D eigenvalue weighted by Crippen LogP contribution is -2.48. The quantitative estimate of drug-likeness (QED) is 0.617. The second kappa shape index (κ2) is 9.01. The molecule has 0 atom stereocenters. The number of ether oxygens (including phenoxy) is 2. The molecule has 0 aliphatic carbocycles. The van der Waals surface area contributed by atoms with E-state index in [4.69, 9.17) is 9.47 Å². The largest absolute Gasteiger partial charge is 0.497 e. The number of hydrogen-bond donors (Lipinski definition) is 0. The molecule has 11 heteroatoms. The van der Waals surface area contributed by atoms with Crippen LogP contribution in [0.25, 0.3) is 0 Å². The minimum atomic E-state index is -4.77. The molecule has 2 aromatic carbocycles. The first-order valence-electron chi connectivity index (χ1n) is 9.36. The predicted molar refractivity (Wildman–Crippen MR) is 105 cm³/mol. The summed E-state index contributed by atoms with van der Waals surface area (Å²) in [5, 5.41) is 0. The van der Waals surface area contributed by atoms with Crippen molar-refractivity contribution < 1.29 is 35.5 Å². The Labute approximate surface area is 178 Å². The van der Waals surface area contributed by atoms with Gasteiger partial charge in [0, 0.05) is 38.3 Å². The highest BCUT2D eigenvalue weighted by Gasteiger charge is 2.36. The highest BCUT2D eigenvalue weighted by molar-refractivity contribution is 7.89. The van der Waals surface area contributed by atoms with Crippen LogP contribution in [0.4, 0.5) is 17.6 Å². The van der Waals surface area contributed by atoms with Gasteiger partial charge in [0.15, 0.2) is 0 Å². The fraction of sp³-hybridized carbons (Fsp3) is 0.400. The molecule has 1 aliphatic heterocycles. The van der Waals surface area contributed by atoms with E-state index in [0.29, 0.717) is 49.3 Å². The van der Waals surface area contributed by atoms with Crippen LogP contribution in [0.3, 0.4) is 0 Å². The Morgan fingerprint density at radius 1 is 0.968 bits per heavy atom. The summed E-state index contributed by atoms with van der Waals surface area (Å²) in [6, 6.07) is 6.74. The molecule has 3 rings (SSSR count). The van der Waals surface area contributed by atoms with Crippen molar-refractivity contribution in [2.45, 2.75) is 17.6 Å². The number of benzene rings is 2. The van der Waals surface area contributed by atoms with Gasteiger partial charge in [0.25, 0.3) is 0 Å². The molecule has 0 saturated carbocycles. The number of sulfonamides is 1. The summed E-state index contributed by atoms with van der Waals surface area (Å²) in [5.74, 6) is 0.0930. The van der Waals surface area contributed by atoms with Crippen LogP contribution >= 0.6 is 0 Å². The highest BCUT2D eigenvalue weighted by atomic mass is 32.2. The Bertz CT molecular complexity index is 1040. The molecular formula is C20H22F4N2O4S. The van der Waals surface area contributed by atoms with Gasteiger partial charge < -0.3 is 9.47 Å². The van der Waals surface area contributed by atoms with Gasteiger partial charge in [-0.1, -0.05) is 0 Å². The summed E-state index contributed by atoms with van der Waals surface area (Å²) in [7, 11) is -1.32. The fourth-order valence-corrected chi connectivity index (χ4v) is 4.90. The van der Waals surface area contributed by atoms with Crippen LogP contribution in [0, 0.1) is 5.82 Å². The second-order valence-electron chi connectivity index (χ2n) is 7.00. The van der Waals surface area contributed by atoms with Crippen molar-refractivity contribution >= 4 is 10.0 Å². The first-order valence-corrected chi connectivity index (χ1v) is 10.8. The Kier molecular flexibility index (Phi) is 6.77. The lowest BCUT2D eigenvalue weighted by molar-refractivity contribution is -0.137. The van der Waals surface area contributed by atoms with Gasteiger partial charge in [-0.3, -0.25) is 4.90 Å². The van der Waals surface area contributed by atoms with E-state index < -0.39 is 32.5 Å². The summed E-state index contributed by atoms with van der Waals surface area (Å²) in [6.07, 6.45) is -4.77. The van der Waals surface area contributed by atoms with Crippen molar-refractivity contribution in [1.82, 2.24) is 9.21 Å². The van der Waals surface area contributed by atoms with E-state index in [9.17, 15) is 26.0 Å². The summed E-state index contributed by atoms with van der Waals surface area (Å²) >= 11 is 0. The summed E-state index contributed by atoms with van der Waals surface area (Å²) in [4.78, 5) is 1.01. The van der Waals surface area contributed by atoms with Gasteiger partial charge in [-0.15, -0.1) is 0 Å². The van der Waals surface area contributed by atoms with Crippen LogP contribution in [0.2, 0.25) is 0 Å². The third kappa shape index (κ3) is 5.10. The van der Waals surface area contributed by atoms with Crippen molar-refractivity contribution in [3.8, 4) is 11.5 Å². The van der Waals surface area contributed by atoms with Crippen LogP contribution in [0.1, 0.15) is 11.1 Å². The van der Waals surface area contributed by atoms with E-state index in [-0.39, 0.29) is 13.1 Å². The van der Waals surface area contributed by atoms with Gasteiger partial charge in [-0.05, 0) is 36.4 Å². The van der Waals surface area contributed by atoms with E-state index in [0.717, 1.165) is 9.87 Å². The Morgan fingerprint density at radius 3 is 2.23 bits per heavy atom. The molecule has 1 fully saturated rings. The van der Waals surface area contributed by atoms with Crippen molar-refractivity contribution in [2.75, 3.05) is 40.4 Å². The average molecular weight is 462 g/mol. The van der Waals surface area contributed by atoms with Gasteiger partial charge in [-0.2, -0.15) is 17.5 Å². The number of nitrogens with zero attached hydrogens (tertiary/aromatic N) is 2. The van der Waals surface area contributed by atoms with Crippen molar-refractivity contribution in [3.05, 3.63) is 53.3 Å². The molecule has 1 saturated heterocycles. The zero-order valence-electron chi connectivity index (χ0n) is 16.9. The maximum absolute atomic E-state index is 14.1. The molecule has 0 spiro atoms. The Hall–Kier alpha value is -2.37. The lowest BCUT2D eigenvalue weighted by Gasteiger charge is -2.34. The van der Waals surface area contributed by atoms with Gasteiger partial charge in [0.2, 0.25) is 10.0 Å². The molecule has 1 aliphatic rings. The first-order chi connectivity index (χ1) is 14.6. The monoisotopic (exact) mass is 462 g/mol. The Morgan fingerprint density at radius 2 is 1.65 bits per heavy atom. The SMILES string of the molecule is COc1ccc(OC)c(CN2CCN(S(=O)(=O)c3cc(C(F)(F)F)ccc3F)CC2)c1.